The summed E-state index contributed by atoms with van der Waals surface area (Å²) in [5.74, 6) is 0. The van der Waals surface area contributed by atoms with Crippen LogP contribution in [0.4, 0.5) is 4.79 Å². The average molecular weight is 324 g/mol. The molecule has 2 heterocycles. The van der Waals surface area contributed by atoms with Crippen LogP contribution in [0.25, 0.3) is 0 Å². The van der Waals surface area contributed by atoms with Crippen LogP contribution >= 0.6 is 22.7 Å². The number of nitrogens with one attached hydrogen (secondary N) is 2. The van der Waals surface area contributed by atoms with Crippen LogP contribution in [-0.2, 0) is 0 Å². The normalized spacial score (nSPS) is 13.7. The monoisotopic (exact) mass is 324 g/mol. The van der Waals surface area contributed by atoms with Gasteiger partial charge in [0.05, 0.1) is 12.1 Å². The van der Waals surface area contributed by atoms with Gasteiger partial charge in [-0.3, -0.25) is 0 Å². The molecule has 0 unspecified atom stereocenters. The quantitative estimate of drug-likeness (QED) is 0.788. The lowest BCUT2D eigenvalue weighted by molar-refractivity contribution is 0.173. The van der Waals surface area contributed by atoms with Gasteiger partial charge in [-0.1, -0.05) is 0 Å². The molecule has 2 atom stereocenters. The Hall–Kier alpha value is -1.37. The molecule has 21 heavy (non-hydrogen) atoms. The molecule has 0 bridgehead atoms. The fraction of sp³-hybridized carbons (Fsp3) is 0.400. The number of carbonyl (C=O) groups excluding carboxylic acids is 1. The lowest BCUT2D eigenvalue weighted by Gasteiger charge is -2.16. The standard InChI is InChI=1S/C15H20N2O2S2/c1-9-6-13(11(3)21-9)10(2)17-15(19)16-7-14(18)12-4-5-20-8-12/h4-6,8,10,14,18H,7H2,1-3H3,(H2,16,17,19)/t10-,14-/m0/s1. The minimum atomic E-state index is -0.664. The summed E-state index contributed by atoms with van der Waals surface area (Å²) in [6.07, 6.45) is -0.664. The molecule has 0 radical (unpaired) electrons. The molecule has 0 saturated carbocycles. The zero-order valence-electron chi connectivity index (χ0n) is 12.3. The molecule has 3 N–H and O–H groups in total. The van der Waals surface area contributed by atoms with Gasteiger partial charge < -0.3 is 15.7 Å². The number of urea groups is 1. The number of amides is 2. The molecule has 0 aliphatic heterocycles. The molecule has 4 nitrogen and oxygen atoms in total. The molecule has 2 aromatic rings. The predicted octanol–water partition coefficient (Wildman–Crippen LogP) is 3.52. The molecule has 0 saturated heterocycles. The third-order valence-electron chi connectivity index (χ3n) is 3.28. The lowest BCUT2D eigenvalue weighted by Crippen LogP contribution is -2.39. The minimum absolute atomic E-state index is 0.0479. The maximum Gasteiger partial charge on any atom is 0.315 e. The Balaban J connectivity index is 1.83. The summed E-state index contributed by atoms with van der Waals surface area (Å²) >= 11 is 3.26. The van der Waals surface area contributed by atoms with Gasteiger partial charge in [-0.05, 0) is 54.8 Å². The zero-order valence-corrected chi connectivity index (χ0v) is 14.0. The molecule has 114 valence electrons. The summed E-state index contributed by atoms with van der Waals surface area (Å²) in [6, 6.07) is 3.65. The molecule has 0 aliphatic carbocycles. The summed E-state index contributed by atoms with van der Waals surface area (Å²) in [5.41, 5.74) is 1.98. The van der Waals surface area contributed by atoms with Crippen molar-refractivity contribution in [2.45, 2.75) is 32.9 Å². The zero-order chi connectivity index (χ0) is 15.4. The van der Waals surface area contributed by atoms with Crippen LogP contribution in [-0.4, -0.2) is 17.7 Å². The fourth-order valence-electron chi connectivity index (χ4n) is 2.18. The Kier molecular flexibility index (Phi) is 5.39. The molecule has 0 fully saturated rings. The first-order chi connectivity index (χ1) is 9.97. The third kappa shape index (κ3) is 4.30. The van der Waals surface area contributed by atoms with E-state index < -0.39 is 6.10 Å². The van der Waals surface area contributed by atoms with E-state index in [9.17, 15) is 9.90 Å². The smallest absolute Gasteiger partial charge is 0.315 e. The van der Waals surface area contributed by atoms with E-state index in [-0.39, 0.29) is 18.6 Å². The maximum atomic E-state index is 11.9. The first-order valence-electron chi connectivity index (χ1n) is 6.79. The van der Waals surface area contributed by atoms with E-state index in [0.29, 0.717) is 0 Å². The van der Waals surface area contributed by atoms with Crippen molar-refractivity contribution in [2.75, 3.05) is 6.54 Å². The van der Waals surface area contributed by atoms with E-state index in [1.54, 1.807) is 11.3 Å². The van der Waals surface area contributed by atoms with Crippen LogP contribution in [0.15, 0.2) is 22.9 Å². The van der Waals surface area contributed by atoms with Gasteiger partial charge in [0.2, 0.25) is 0 Å². The Morgan fingerprint density at radius 1 is 1.43 bits per heavy atom. The Labute approximate surface area is 132 Å². The van der Waals surface area contributed by atoms with Crippen molar-refractivity contribution < 1.29 is 9.90 Å². The first-order valence-corrected chi connectivity index (χ1v) is 8.54. The topological polar surface area (TPSA) is 61.4 Å². The second kappa shape index (κ2) is 7.06. The molecule has 6 heteroatoms. The summed E-state index contributed by atoms with van der Waals surface area (Å²) in [5, 5.41) is 19.3. The van der Waals surface area contributed by atoms with Crippen LogP contribution in [0.5, 0.6) is 0 Å². The number of rotatable bonds is 5. The second-order valence-corrected chi connectivity index (χ2v) is 7.26. The number of thiophene rings is 2. The summed E-state index contributed by atoms with van der Waals surface area (Å²) in [4.78, 5) is 14.4. The molecule has 2 amide bonds. The maximum absolute atomic E-state index is 11.9. The molecular weight excluding hydrogens is 304 g/mol. The van der Waals surface area contributed by atoms with E-state index in [2.05, 4.69) is 30.5 Å². The summed E-state index contributed by atoms with van der Waals surface area (Å²) in [6.45, 7) is 6.29. The fourth-order valence-corrected chi connectivity index (χ4v) is 3.91. The van der Waals surface area contributed by atoms with Crippen LogP contribution < -0.4 is 10.6 Å². The second-order valence-electron chi connectivity index (χ2n) is 5.02. The van der Waals surface area contributed by atoms with Crippen molar-refractivity contribution in [3.05, 3.63) is 43.8 Å². The van der Waals surface area contributed by atoms with Crippen LogP contribution in [0, 0.1) is 13.8 Å². The number of aliphatic hydroxyl groups is 1. The molecule has 0 aliphatic rings. The van der Waals surface area contributed by atoms with E-state index in [1.165, 1.54) is 21.1 Å². The van der Waals surface area contributed by atoms with Gasteiger partial charge in [-0.25, -0.2) is 4.79 Å². The molecule has 0 spiro atoms. The van der Waals surface area contributed by atoms with Crippen molar-refractivity contribution in [2.24, 2.45) is 0 Å². The third-order valence-corrected chi connectivity index (χ3v) is 4.96. The highest BCUT2D eigenvalue weighted by atomic mass is 32.1. The van der Waals surface area contributed by atoms with Crippen molar-refractivity contribution in [1.29, 1.82) is 0 Å². The van der Waals surface area contributed by atoms with Gasteiger partial charge in [-0.15, -0.1) is 11.3 Å². The Morgan fingerprint density at radius 3 is 2.76 bits per heavy atom. The highest BCUT2D eigenvalue weighted by Gasteiger charge is 2.15. The van der Waals surface area contributed by atoms with Crippen molar-refractivity contribution in [1.82, 2.24) is 10.6 Å². The molecule has 2 rings (SSSR count). The van der Waals surface area contributed by atoms with Gasteiger partial charge in [0.25, 0.3) is 0 Å². The average Bonchev–Trinajstić information content (AvgIpc) is 3.05. The van der Waals surface area contributed by atoms with Gasteiger partial charge >= 0.3 is 6.03 Å². The lowest BCUT2D eigenvalue weighted by atomic mass is 10.1. The molecule has 0 aromatic carbocycles. The number of carbonyl (C=O) groups is 1. The molecular formula is C15H20N2O2S2. The number of hydrogen-bond acceptors (Lipinski definition) is 4. The van der Waals surface area contributed by atoms with Crippen LogP contribution in [0.1, 0.15) is 40.0 Å². The highest BCUT2D eigenvalue weighted by molar-refractivity contribution is 7.12. The Bertz CT molecular complexity index is 593. The first kappa shape index (κ1) is 16.0. The summed E-state index contributed by atoms with van der Waals surface area (Å²) < 4.78 is 0. The van der Waals surface area contributed by atoms with E-state index >= 15 is 0 Å². The number of aryl methyl sites for hydroxylation is 2. The van der Waals surface area contributed by atoms with E-state index in [4.69, 9.17) is 0 Å². The van der Waals surface area contributed by atoms with Crippen molar-refractivity contribution in [3.8, 4) is 0 Å². The number of hydrogen-bond donors (Lipinski definition) is 3. The predicted molar refractivity (Wildman–Crippen MR) is 88.0 cm³/mol. The van der Waals surface area contributed by atoms with Gasteiger partial charge in [0, 0.05) is 16.3 Å². The SMILES string of the molecule is Cc1cc([C@H](C)NC(=O)NC[C@H](O)c2ccsc2)c(C)s1. The van der Waals surface area contributed by atoms with E-state index in [0.717, 1.165) is 11.1 Å². The van der Waals surface area contributed by atoms with Crippen molar-refractivity contribution in [3.63, 3.8) is 0 Å². The van der Waals surface area contributed by atoms with Gasteiger partial charge in [0.15, 0.2) is 0 Å². The van der Waals surface area contributed by atoms with Crippen molar-refractivity contribution >= 4 is 28.7 Å². The Morgan fingerprint density at radius 2 is 2.19 bits per heavy atom. The van der Waals surface area contributed by atoms with E-state index in [1.807, 2.05) is 23.8 Å². The molecule has 2 aromatic heterocycles. The van der Waals surface area contributed by atoms with Gasteiger partial charge in [-0.2, -0.15) is 11.3 Å². The minimum Gasteiger partial charge on any atom is -0.387 e. The number of aliphatic hydroxyl groups excluding tert-OH is 1. The summed E-state index contributed by atoms with van der Waals surface area (Å²) in [7, 11) is 0. The largest absolute Gasteiger partial charge is 0.387 e. The van der Waals surface area contributed by atoms with Gasteiger partial charge in [0.1, 0.15) is 0 Å². The highest BCUT2D eigenvalue weighted by Crippen LogP contribution is 2.26. The van der Waals surface area contributed by atoms with Crippen LogP contribution in [0.3, 0.4) is 0 Å². The van der Waals surface area contributed by atoms with Crippen LogP contribution in [0.2, 0.25) is 0 Å².